The van der Waals surface area contributed by atoms with Crippen LogP contribution in [0.1, 0.15) is 36.7 Å². The summed E-state index contributed by atoms with van der Waals surface area (Å²) in [7, 11) is 0. The molecular formula is C24H21F3N2O4. The van der Waals surface area contributed by atoms with Crippen LogP contribution in [0.4, 0.5) is 18.9 Å². The van der Waals surface area contributed by atoms with Gasteiger partial charge in [-0.1, -0.05) is 24.3 Å². The topological polar surface area (TPSA) is 79.5 Å². The first kappa shape index (κ1) is 23.8. The smallest absolute Gasteiger partial charge is 0.416 e. The number of anilines is 1. The van der Waals surface area contributed by atoms with Crippen LogP contribution in [-0.2, 0) is 20.5 Å². The Labute approximate surface area is 188 Å². The summed E-state index contributed by atoms with van der Waals surface area (Å²) in [5.74, 6) is -1.50. The van der Waals surface area contributed by atoms with Crippen molar-refractivity contribution in [2.45, 2.75) is 26.9 Å². The maximum atomic E-state index is 13.0. The van der Waals surface area contributed by atoms with Crippen LogP contribution in [0.2, 0.25) is 0 Å². The number of aromatic amines is 1. The molecule has 0 fully saturated rings. The van der Waals surface area contributed by atoms with E-state index >= 15 is 0 Å². The minimum Gasteiger partial charge on any atom is -0.462 e. The van der Waals surface area contributed by atoms with Gasteiger partial charge in [0.15, 0.2) is 0 Å². The third-order valence-corrected chi connectivity index (χ3v) is 4.92. The normalized spacial score (nSPS) is 11.2. The number of amides is 2. The third kappa shape index (κ3) is 4.97. The number of aromatic nitrogens is 1. The number of carbonyl (C=O) groups excluding carboxylic acids is 3. The van der Waals surface area contributed by atoms with E-state index in [0.717, 1.165) is 17.0 Å². The number of hydrogen-bond donors (Lipinski definition) is 1. The van der Waals surface area contributed by atoms with Crippen molar-refractivity contribution < 1.29 is 32.3 Å². The van der Waals surface area contributed by atoms with Gasteiger partial charge in [-0.3, -0.25) is 14.5 Å². The first-order valence-electron chi connectivity index (χ1n) is 10.0. The minimum absolute atomic E-state index is 0.143. The lowest BCUT2D eigenvalue weighted by molar-refractivity contribution is -0.137. The van der Waals surface area contributed by atoms with Crippen LogP contribution in [0.25, 0.3) is 22.4 Å². The molecule has 0 unspecified atom stereocenters. The van der Waals surface area contributed by atoms with E-state index in [0.29, 0.717) is 28.1 Å². The van der Waals surface area contributed by atoms with Crippen molar-refractivity contribution in [3.63, 3.8) is 0 Å². The zero-order chi connectivity index (χ0) is 24.3. The van der Waals surface area contributed by atoms with Crippen molar-refractivity contribution in [2.24, 2.45) is 0 Å². The summed E-state index contributed by atoms with van der Waals surface area (Å²) in [4.78, 5) is 40.1. The number of halogens is 3. The standard InChI is InChI=1S/C24H21F3N2O4/c1-4-33-23(32)20-13-28-22(17-5-9-18(10-6-17)24(25,26)27)21(20)16-7-11-19(12-8-16)29(14(2)30)15(3)31/h5-13,28H,4H2,1-3H3. The molecule has 0 aliphatic carbocycles. The highest BCUT2D eigenvalue weighted by molar-refractivity contribution is 6.13. The average molecular weight is 458 g/mol. The van der Waals surface area contributed by atoms with Crippen LogP contribution in [0, 0.1) is 0 Å². The summed E-state index contributed by atoms with van der Waals surface area (Å²) in [5, 5.41) is 0. The van der Waals surface area contributed by atoms with Crippen LogP contribution in [-0.4, -0.2) is 29.4 Å². The highest BCUT2D eigenvalue weighted by Gasteiger charge is 2.30. The van der Waals surface area contributed by atoms with Crippen molar-refractivity contribution in [2.75, 3.05) is 11.5 Å². The van der Waals surface area contributed by atoms with Gasteiger partial charge in [0.05, 0.1) is 29.1 Å². The molecule has 0 spiro atoms. The van der Waals surface area contributed by atoms with E-state index in [1.807, 2.05) is 0 Å². The number of esters is 1. The molecule has 0 bridgehead atoms. The van der Waals surface area contributed by atoms with E-state index in [2.05, 4.69) is 4.98 Å². The molecule has 1 N–H and O–H groups in total. The Kier molecular flexibility index (Phi) is 6.71. The second-order valence-electron chi connectivity index (χ2n) is 7.17. The first-order valence-corrected chi connectivity index (χ1v) is 10.0. The summed E-state index contributed by atoms with van der Waals surface area (Å²) in [5.41, 5.74) is 1.60. The Morgan fingerprint density at radius 3 is 1.94 bits per heavy atom. The van der Waals surface area contributed by atoms with Gasteiger partial charge in [-0.25, -0.2) is 4.79 Å². The number of rotatable bonds is 5. The Bertz CT molecular complexity index is 1170. The van der Waals surface area contributed by atoms with Crippen molar-refractivity contribution in [3.8, 4) is 22.4 Å². The lowest BCUT2D eigenvalue weighted by atomic mass is 9.97. The molecule has 33 heavy (non-hydrogen) atoms. The van der Waals surface area contributed by atoms with Gasteiger partial charge >= 0.3 is 12.1 Å². The molecule has 0 saturated carbocycles. The fraction of sp³-hybridized carbons (Fsp3) is 0.208. The molecule has 0 aliphatic heterocycles. The number of hydrogen-bond acceptors (Lipinski definition) is 4. The highest BCUT2D eigenvalue weighted by atomic mass is 19.4. The molecule has 172 valence electrons. The molecule has 3 rings (SSSR count). The van der Waals surface area contributed by atoms with Crippen LogP contribution in [0.5, 0.6) is 0 Å². The van der Waals surface area contributed by atoms with Crippen LogP contribution in [0.3, 0.4) is 0 Å². The molecule has 0 saturated heterocycles. The largest absolute Gasteiger partial charge is 0.462 e. The van der Waals surface area contributed by atoms with Gasteiger partial charge < -0.3 is 9.72 Å². The van der Waals surface area contributed by atoms with Gasteiger partial charge in [-0.2, -0.15) is 13.2 Å². The summed E-state index contributed by atoms with van der Waals surface area (Å²) < 4.78 is 44.0. The van der Waals surface area contributed by atoms with Crippen molar-refractivity contribution in [1.29, 1.82) is 0 Å². The van der Waals surface area contributed by atoms with Gasteiger partial charge in [0, 0.05) is 25.6 Å². The predicted molar refractivity (Wildman–Crippen MR) is 116 cm³/mol. The third-order valence-electron chi connectivity index (χ3n) is 4.92. The number of carbonyl (C=O) groups is 3. The molecule has 0 aliphatic rings. The monoisotopic (exact) mass is 458 g/mol. The summed E-state index contributed by atoms with van der Waals surface area (Å²) >= 11 is 0. The number of H-pyrrole nitrogens is 1. The molecule has 0 radical (unpaired) electrons. The quantitative estimate of drug-likeness (QED) is 0.516. The molecule has 6 nitrogen and oxygen atoms in total. The Morgan fingerprint density at radius 1 is 0.909 bits per heavy atom. The zero-order valence-electron chi connectivity index (χ0n) is 18.1. The molecule has 3 aromatic rings. The summed E-state index contributed by atoms with van der Waals surface area (Å²) in [6.07, 6.45) is -3.03. The van der Waals surface area contributed by atoms with Gasteiger partial charge in [0.2, 0.25) is 11.8 Å². The number of alkyl halides is 3. The zero-order valence-corrected chi connectivity index (χ0v) is 18.1. The molecule has 1 aromatic heterocycles. The van der Waals surface area contributed by atoms with Crippen LogP contribution >= 0.6 is 0 Å². The molecule has 2 amide bonds. The predicted octanol–water partition coefficient (Wildman–Crippen LogP) is 5.44. The number of nitrogens with zero attached hydrogens (tertiary/aromatic N) is 1. The number of ether oxygens (including phenoxy) is 1. The number of imide groups is 1. The Hall–Kier alpha value is -3.88. The van der Waals surface area contributed by atoms with Crippen molar-refractivity contribution >= 4 is 23.5 Å². The fourth-order valence-electron chi connectivity index (χ4n) is 3.51. The van der Waals surface area contributed by atoms with E-state index in [1.54, 1.807) is 31.2 Å². The van der Waals surface area contributed by atoms with Crippen molar-refractivity contribution in [3.05, 3.63) is 65.9 Å². The van der Waals surface area contributed by atoms with Gasteiger partial charge in [0.1, 0.15) is 0 Å². The molecule has 0 atom stereocenters. The molecular weight excluding hydrogens is 437 g/mol. The van der Waals surface area contributed by atoms with Gasteiger partial charge in [-0.15, -0.1) is 0 Å². The van der Waals surface area contributed by atoms with E-state index in [1.165, 1.54) is 32.2 Å². The van der Waals surface area contributed by atoms with Crippen LogP contribution in [0.15, 0.2) is 54.7 Å². The molecule has 9 heteroatoms. The average Bonchev–Trinajstić information content (AvgIpc) is 3.19. The Balaban J connectivity index is 2.11. The summed E-state index contributed by atoms with van der Waals surface area (Å²) in [6, 6.07) is 10.9. The van der Waals surface area contributed by atoms with Crippen LogP contribution < -0.4 is 4.90 Å². The highest BCUT2D eigenvalue weighted by Crippen LogP contribution is 2.37. The van der Waals surface area contributed by atoms with E-state index in [-0.39, 0.29) is 12.2 Å². The SMILES string of the molecule is CCOC(=O)c1c[nH]c(-c2ccc(C(F)(F)F)cc2)c1-c1ccc(N(C(C)=O)C(C)=O)cc1. The minimum atomic E-state index is -4.47. The maximum Gasteiger partial charge on any atom is 0.416 e. The van der Waals surface area contributed by atoms with E-state index in [9.17, 15) is 27.6 Å². The fourth-order valence-corrected chi connectivity index (χ4v) is 3.51. The molecule has 2 aromatic carbocycles. The lowest BCUT2D eigenvalue weighted by Crippen LogP contribution is -2.32. The summed E-state index contributed by atoms with van der Waals surface area (Å²) in [6.45, 7) is 4.34. The Morgan fingerprint density at radius 2 is 1.45 bits per heavy atom. The van der Waals surface area contributed by atoms with Gasteiger partial charge in [0.25, 0.3) is 0 Å². The van der Waals surface area contributed by atoms with E-state index in [4.69, 9.17) is 4.74 Å². The maximum absolute atomic E-state index is 13.0. The molecule has 1 heterocycles. The second-order valence-corrected chi connectivity index (χ2v) is 7.17. The number of nitrogens with one attached hydrogen (secondary N) is 1. The lowest BCUT2D eigenvalue weighted by Gasteiger charge is -2.17. The second kappa shape index (κ2) is 9.32. The van der Waals surface area contributed by atoms with Crippen molar-refractivity contribution in [1.82, 2.24) is 4.98 Å². The number of benzene rings is 2. The van der Waals surface area contributed by atoms with Gasteiger partial charge in [-0.05, 0) is 42.3 Å². The van der Waals surface area contributed by atoms with E-state index < -0.39 is 29.5 Å². The first-order chi connectivity index (χ1) is 15.5.